The second kappa shape index (κ2) is 10.8. The minimum absolute atomic E-state index is 0.672. The van der Waals surface area contributed by atoms with E-state index in [0.717, 1.165) is 33.4 Å². The van der Waals surface area contributed by atoms with Gasteiger partial charge in [-0.05, 0) is 84.5 Å². The molecular weight excluding hydrogens is 621 g/mol. The van der Waals surface area contributed by atoms with Crippen molar-refractivity contribution in [2.24, 2.45) is 0 Å². The predicted octanol–water partition coefficient (Wildman–Crippen LogP) is 12.1. The average Bonchev–Trinajstić information content (AvgIpc) is 3.52. The SMILES string of the molecule is c1ccc(-c2nc(-n3c4cc5ccccc5cc4c4c(-c5cccc6c7ccccc7c7ccccc7c56)cccc43)c3ncccc3n2)cc1. The molecule has 3 heterocycles. The lowest BCUT2D eigenvalue weighted by molar-refractivity contribution is 1.06. The zero-order valence-electron chi connectivity index (χ0n) is 27.5. The van der Waals surface area contributed by atoms with Crippen LogP contribution in [0.15, 0.2) is 170 Å². The number of hydrogen-bond acceptors (Lipinski definition) is 3. The monoisotopic (exact) mass is 648 g/mol. The maximum absolute atomic E-state index is 5.31. The van der Waals surface area contributed by atoms with Crippen LogP contribution in [-0.2, 0) is 0 Å². The van der Waals surface area contributed by atoms with Gasteiger partial charge in [-0.2, -0.15) is 0 Å². The average molecular weight is 649 g/mol. The molecule has 4 heteroatoms. The number of fused-ring (bicyclic) bond motifs is 11. The van der Waals surface area contributed by atoms with Crippen molar-refractivity contribution in [2.75, 3.05) is 0 Å². The highest BCUT2D eigenvalue weighted by molar-refractivity contribution is 6.30. The fraction of sp³-hybridized carbons (Fsp3) is 0. The second-order valence-electron chi connectivity index (χ2n) is 13.2. The van der Waals surface area contributed by atoms with Crippen LogP contribution in [0, 0.1) is 0 Å². The molecule has 0 atom stereocenters. The molecule has 0 unspecified atom stereocenters. The van der Waals surface area contributed by atoms with Gasteiger partial charge in [0.1, 0.15) is 5.52 Å². The van der Waals surface area contributed by atoms with E-state index in [-0.39, 0.29) is 0 Å². The molecule has 0 radical (unpaired) electrons. The van der Waals surface area contributed by atoms with E-state index in [9.17, 15) is 0 Å². The smallest absolute Gasteiger partial charge is 0.168 e. The second-order valence-corrected chi connectivity index (χ2v) is 13.2. The maximum Gasteiger partial charge on any atom is 0.168 e. The fourth-order valence-electron chi connectivity index (χ4n) is 8.21. The zero-order chi connectivity index (χ0) is 33.5. The van der Waals surface area contributed by atoms with Gasteiger partial charge in [-0.1, -0.05) is 133 Å². The minimum Gasteiger partial charge on any atom is -0.292 e. The maximum atomic E-state index is 5.31. The van der Waals surface area contributed by atoms with Crippen molar-refractivity contribution in [1.82, 2.24) is 19.5 Å². The number of hydrogen-bond donors (Lipinski definition) is 0. The molecule has 11 rings (SSSR count). The minimum atomic E-state index is 0.672. The van der Waals surface area contributed by atoms with Crippen molar-refractivity contribution in [1.29, 1.82) is 0 Å². The Bertz CT molecular complexity index is 3150. The molecule has 0 aliphatic heterocycles. The molecule has 0 aliphatic carbocycles. The van der Waals surface area contributed by atoms with E-state index in [1.165, 1.54) is 65.0 Å². The molecule has 0 amide bonds. The lowest BCUT2D eigenvalue weighted by atomic mass is 9.88. The molecule has 0 saturated carbocycles. The number of pyridine rings is 1. The summed E-state index contributed by atoms with van der Waals surface area (Å²) >= 11 is 0. The summed E-state index contributed by atoms with van der Waals surface area (Å²) in [7, 11) is 0. The van der Waals surface area contributed by atoms with Crippen LogP contribution in [0.4, 0.5) is 0 Å². The number of benzene rings is 8. The predicted molar refractivity (Wildman–Crippen MR) is 213 cm³/mol. The molecule has 0 saturated heterocycles. The quantitative estimate of drug-likeness (QED) is 0.179. The summed E-state index contributed by atoms with van der Waals surface area (Å²) < 4.78 is 2.31. The van der Waals surface area contributed by atoms with Gasteiger partial charge in [-0.25, -0.2) is 9.97 Å². The topological polar surface area (TPSA) is 43.6 Å². The van der Waals surface area contributed by atoms with Gasteiger partial charge in [0.2, 0.25) is 0 Å². The van der Waals surface area contributed by atoms with Crippen LogP contribution < -0.4 is 0 Å². The Kier molecular flexibility index (Phi) is 5.92. The molecule has 51 heavy (non-hydrogen) atoms. The molecule has 3 aromatic heterocycles. The summed E-state index contributed by atoms with van der Waals surface area (Å²) in [5.41, 5.74) is 7.08. The molecule has 0 fully saturated rings. The van der Waals surface area contributed by atoms with Crippen LogP contribution in [0.3, 0.4) is 0 Å². The van der Waals surface area contributed by atoms with E-state index in [1.807, 2.05) is 36.5 Å². The highest BCUT2D eigenvalue weighted by Crippen LogP contribution is 2.45. The zero-order valence-corrected chi connectivity index (χ0v) is 27.5. The Morgan fingerprint density at radius 1 is 0.412 bits per heavy atom. The molecule has 0 aliphatic rings. The molecule has 0 N–H and O–H groups in total. The summed E-state index contributed by atoms with van der Waals surface area (Å²) in [6.45, 7) is 0. The Morgan fingerprint density at radius 3 is 1.78 bits per heavy atom. The van der Waals surface area contributed by atoms with E-state index in [1.54, 1.807) is 0 Å². The lowest BCUT2D eigenvalue weighted by Gasteiger charge is -2.15. The molecule has 236 valence electrons. The first-order valence-electron chi connectivity index (χ1n) is 17.3. The Balaban J connectivity index is 1.32. The third-order valence-electron chi connectivity index (χ3n) is 10.4. The Hall–Kier alpha value is -6.91. The van der Waals surface area contributed by atoms with Crippen LogP contribution in [0.5, 0.6) is 0 Å². The first kappa shape index (κ1) is 28.0. The molecule has 0 bridgehead atoms. The first-order valence-corrected chi connectivity index (χ1v) is 17.3. The van der Waals surface area contributed by atoms with Gasteiger partial charge >= 0.3 is 0 Å². The summed E-state index contributed by atoms with van der Waals surface area (Å²) in [6.07, 6.45) is 1.83. The molecule has 0 spiro atoms. The third-order valence-corrected chi connectivity index (χ3v) is 10.4. The summed E-state index contributed by atoms with van der Waals surface area (Å²) in [5.74, 6) is 1.44. The van der Waals surface area contributed by atoms with Crippen molar-refractivity contribution in [3.63, 3.8) is 0 Å². The van der Waals surface area contributed by atoms with Gasteiger partial charge < -0.3 is 0 Å². The molecular formula is C47H28N4. The number of aromatic nitrogens is 4. The number of nitrogens with zero attached hydrogens (tertiary/aromatic N) is 4. The van der Waals surface area contributed by atoms with E-state index < -0.39 is 0 Å². The summed E-state index contributed by atoms with van der Waals surface area (Å²) in [4.78, 5) is 15.2. The van der Waals surface area contributed by atoms with Crippen LogP contribution >= 0.6 is 0 Å². The van der Waals surface area contributed by atoms with Crippen molar-refractivity contribution in [3.8, 4) is 28.3 Å². The van der Waals surface area contributed by atoms with Crippen molar-refractivity contribution in [2.45, 2.75) is 0 Å². The van der Waals surface area contributed by atoms with Crippen LogP contribution in [0.1, 0.15) is 0 Å². The normalized spacial score (nSPS) is 11.9. The van der Waals surface area contributed by atoms with E-state index in [0.29, 0.717) is 5.82 Å². The van der Waals surface area contributed by atoms with Gasteiger partial charge in [-0.15, -0.1) is 0 Å². The van der Waals surface area contributed by atoms with Crippen molar-refractivity contribution >= 4 is 75.9 Å². The van der Waals surface area contributed by atoms with E-state index >= 15 is 0 Å². The van der Waals surface area contributed by atoms with Crippen molar-refractivity contribution in [3.05, 3.63) is 170 Å². The first-order chi connectivity index (χ1) is 25.3. The highest BCUT2D eigenvalue weighted by Gasteiger charge is 2.22. The molecule has 4 nitrogen and oxygen atoms in total. The fourth-order valence-corrected chi connectivity index (χ4v) is 8.21. The summed E-state index contributed by atoms with van der Waals surface area (Å²) in [5, 5.41) is 12.3. The lowest BCUT2D eigenvalue weighted by Crippen LogP contribution is -2.03. The summed E-state index contributed by atoms with van der Waals surface area (Å²) in [6, 6.07) is 58.5. The van der Waals surface area contributed by atoms with Crippen LogP contribution in [0.2, 0.25) is 0 Å². The van der Waals surface area contributed by atoms with Gasteiger partial charge in [-0.3, -0.25) is 9.55 Å². The number of rotatable bonds is 3. The standard InChI is InChI=1S/C47H28N4/c1-2-13-29(14-3-1)46-49-40-24-12-26-48-45(40)47(50-46)51-41-25-11-23-38(44(41)39-27-30-15-4-5-16-31(30)28-42(39)51)37-22-10-21-36-34-18-7-6-17-32(34)33-19-8-9-20-35(33)43(36)37/h1-28H. The van der Waals surface area contributed by atoms with Crippen molar-refractivity contribution < 1.29 is 0 Å². The largest absolute Gasteiger partial charge is 0.292 e. The third kappa shape index (κ3) is 4.11. The Morgan fingerprint density at radius 2 is 1.02 bits per heavy atom. The van der Waals surface area contributed by atoms with Crippen LogP contribution in [0.25, 0.3) is 104 Å². The van der Waals surface area contributed by atoms with Gasteiger partial charge in [0.15, 0.2) is 11.6 Å². The van der Waals surface area contributed by atoms with Gasteiger partial charge in [0.05, 0.1) is 16.6 Å². The van der Waals surface area contributed by atoms with E-state index in [4.69, 9.17) is 15.0 Å². The van der Waals surface area contributed by atoms with Crippen LogP contribution in [-0.4, -0.2) is 19.5 Å². The Labute approximate surface area is 292 Å². The van der Waals surface area contributed by atoms with E-state index in [2.05, 4.69) is 138 Å². The molecule has 11 aromatic rings. The van der Waals surface area contributed by atoms with Gasteiger partial charge in [0.25, 0.3) is 0 Å². The highest BCUT2D eigenvalue weighted by atomic mass is 15.1. The van der Waals surface area contributed by atoms with Gasteiger partial charge in [0, 0.05) is 22.5 Å². The molecule has 8 aromatic carbocycles.